The molecule has 34 heavy (non-hydrogen) atoms. The number of nitrogens with zero attached hydrogens (tertiary/aromatic N) is 2. The minimum atomic E-state index is -0.555. The van der Waals surface area contributed by atoms with Crippen LogP contribution < -0.4 is 10.2 Å². The third-order valence-corrected chi connectivity index (χ3v) is 7.13. The van der Waals surface area contributed by atoms with Crippen LogP contribution in [0.2, 0.25) is 5.02 Å². The normalized spacial score (nSPS) is 16.8. The molecule has 1 unspecified atom stereocenters. The van der Waals surface area contributed by atoms with Crippen LogP contribution in [0.1, 0.15) is 16.7 Å². The van der Waals surface area contributed by atoms with Gasteiger partial charge in [0.05, 0.1) is 10.9 Å². The van der Waals surface area contributed by atoms with E-state index in [0.717, 1.165) is 16.7 Å². The molecule has 0 radical (unpaired) electrons. The zero-order valence-electron chi connectivity index (χ0n) is 18.7. The first kappa shape index (κ1) is 23.6. The molecule has 1 atom stereocenters. The molecule has 7 heteroatoms. The SMILES string of the molecule is Cc1cccc(NC(=O)/C(C#N)=C2\SC(Cc3ccccc3Cl)C(=O)N2c2ccccc2C)c1. The summed E-state index contributed by atoms with van der Waals surface area (Å²) in [7, 11) is 0. The van der Waals surface area contributed by atoms with E-state index in [9.17, 15) is 14.9 Å². The van der Waals surface area contributed by atoms with Crippen LogP contribution in [-0.2, 0) is 16.0 Å². The van der Waals surface area contributed by atoms with Crippen LogP contribution in [0.4, 0.5) is 11.4 Å². The first-order valence-electron chi connectivity index (χ1n) is 10.7. The van der Waals surface area contributed by atoms with Crippen molar-refractivity contribution < 1.29 is 9.59 Å². The number of benzene rings is 3. The molecule has 4 rings (SSSR count). The number of carbonyl (C=O) groups excluding carboxylic acids is 2. The minimum Gasteiger partial charge on any atom is -0.321 e. The zero-order valence-corrected chi connectivity index (χ0v) is 20.3. The molecule has 2 amide bonds. The predicted octanol–water partition coefficient (Wildman–Crippen LogP) is 6.02. The number of nitrogens with one attached hydrogen (secondary N) is 1. The number of nitriles is 1. The van der Waals surface area contributed by atoms with Crippen molar-refractivity contribution in [2.24, 2.45) is 0 Å². The van der Waals surface area contributed by atoms with Gasteiger partial charge in [-0.2, -0.15) is 5.26 Å². The number of hydrogen-bond acceptors (Lipinski definition) is 4. The van der Waals surface area contributed by atoms with Crippen molar-refractivity contribution in [1.82, 2.24) is 0 Å². The van der Waals surface area contributed by atoms with Crippen LogP contribution in [0.3, 0.4) is 0 Å². The van der Waals surface area contributed by atoms with Gasteiger partial charge in [0.2, 0.25) is 5.91 Å². The molecular weight excluding hydrogens is 466 g/mol. The lowest BCUT2D eigenvalue weighted by Crippen LogP contribution is -2.31. The molecule has 170 valence electrons. The Bertz CT molecular complexity index is 1350. The Morgan fingerprint density at radius 3 is 2.53 bits per heavy atom. The maximum absolute atomic E-state index is 13.6. The van der Waals surface area contributed by atoms with Gasteiger partial charge >= 0.3 is 0 Å². The molecule has 0 saturated carbocycles. The van der Waals surface area contributed by atoms with Crippen LogP contribution >= 0.6 is 23.4 Å². The van der Waals surface area contributed by atoms with E-state index in [1.165, 1.54) is 16.7 Å². The molecule has 0 aliphatic carbocycles. The summed E-state index contributed by atoms with van der Waals surface area (Å²) >= 11 is 7.57. The van der Waals surface area contributed by atoms with Crippen LogP contribution in [0.25, 0.3) is 0 Å². The van der Waals surface area contributed by atoms with Crippen molar-refractivity contribution >= 4 is 46.6 Å². The van der Waals surface area contributed by atoms with Crippen LogP contribution in [0.5, 0.6) is 0 Å². The summed E-state index contributed by atoms with van der Waals surface area (Å²) in [6.07, 6.45) is 0.382. The lowest BCUT2D eigenvalue weighted by Gasteiger charge is -2.20. The second kappa shape index (κ2) is 10.2. The molecule has 3 aromatic carbocycles. The zero-order chi connectivity index (χ0) is 24.2. The van der Waals surface area contributed by atoms with Crippen LogP contribution in [-0.4, -0.2) is 17.1 Å². The van der Waals surface area contributed by atoms with Gasteiger partial charge in [-0.15, -0.1) is 0 Å². The maximum Gasteiger partial charge on any atom is 0.269 e. The Kier molecular flexibility index (Phi) is 7.06. The topological polar surface area (TPSA) is 73.2 Å². The standard InChI is InChI=1S/C27H22ClN3O2S/c1-17-8-7-11-20(14-17)30-25(32)21(16-29)27-31(23-13-6-3-9-18(23)2)26(33)24(34-27)15-19-10-4-5-12-22(19)28/h3-14,24H,15H2,1-2H3,(H,30,32)/b27-21-. The van der Waals surface area contributed by atoms with Gasteiger partial charge in [0.15, 0.2) is 0 Å². The van der Waals surface area contributed by atoms with Gasteiger partial charge in [0, 0.05) is 10.7 Å². The van der Waals surface area contributed by atoms with Gasteiger partial charge in [-0.1, -0.05) is 71.9 Å². The molecule has 1 N–H and O–H groups in total. The second-order valence-electron chi connectivity index (χ2n) is 7.98. The minimum absolute atomic E-state index is 0.107. The Labute approximate surface area is 208 Å². The fourth-order valence-electron chi connectivity index (χ4n) is 3.80. The van der Waals surface area contributed by atoms with Gasteiger partial charge in [0.1, 0.15) is 16.7 Å². The highest BCUT2D eigenvalue weighted by Crippen LogP contribution is 2.43. The average Bonchev–Trinajstić information content (AvgIpc) is 3.11. The summed E-state index contributed by atoms with van der Waals surface area (Å²) in [6, 6.07) is 24.2. The summed E-state index contributed by atoms with van der Waals surface area (Å²) in [5, 5.41) is 13.2. The first-order valence-corrected chi connectivity index (χ1v) is 12.0. The van der Waals surface area contributed by atoms with E-state index in [2.05, 4.69) is 5.32 Å². The van der Waals surface area contributed by atoms with Crippen molar-refractivity contribution in [3.05, 3.63) is 105 Å². The molecule has 0 aromatic heterocycles. The molecule has 0 bridgehead atoms. The molecular formula is C27H22ClN3O2S. The quantitative estimate of drug-likeness (QED) is 0.352. The van der Waals surface area contributed by atoms with E-state index in [4.69, 9.17) is 11.6 Å². The van der Waals surface area contributed by atoms with E-state index < -0.39 is 11.2 Å². The summed E-state index contributed by atoms with van der Waals surface area (Å²) in [5.41, 5.74) is 3.81. The third-order valence-electron chi connectivity index (χ3n) is 5.50. The molecule has 1 aliphatic heterocycles. The number of thioether (sulfide) groups is 1. The summed E-state index contributed by atoms with van der Waals surface area (Å²) in [5.74, 6) is -0.745. The van der Waals surface area contributed by atoms with Crippen LogP contribution in [0, 0.1) is 25.2 Å². The van der Waals surface area contributed by atoms with E-state index >= 15 is 0 Å². The second-order valence-corrected chi connectivity index (χ2v) is 9.58. The number of aryl methyl sites for hydroxylation is 2. The fourth-order valence-corrected chi connectivity index (χ4v) is 5.30. The molecule has 1 fully saturated rings. The maximum atomic E-state index is 13.6. The van der Waals surface area contributed by atoms with Gasteiger partial charge in [0.25, 0.3) is 5.91 Å². The summed E-state index contributed by atoms with van der Waals surface area (Å²) in [4.78, 5) is 28.3. The Morgan fingerprint density at radius 1 is 1.09 bits per heavy atom. The largest absolute Gasteiger partial charge is 0.321 e. The van der Waals surface area contributed by atoms with E-state index in [-0.39, 0.29) is 11.5 Å². The Hall–Kier alpha value is -3.53. The highest BCUT2D eigenvalue weighted by Gasteiger charge is 2.41. The number of para-hydroxylation sites is 1. The predicted molar refractivity (Wildman–Crippen MR) is 138 cm³/mol. The molecule has 0 spiro atoms. The molecule has 1 aliphatic rings. The first-order chi connectivity index (χ1) is 16.4. The highest BCUT2D eigenvalue weighted by molar-refractivity contribution is 8.05. The molecule has 1 heterocycles. The smallest absolute Gasteiger partial charge is 0.269 e. The van der Waals surface area contributed by atoms with Crippen LogP contribution in [0.15, 0.2) is 83.4 Å². The van der Waals surface area contributed by atoms with Crippen molar-refractivity contribution in [3.63, 3.8) is 0 Å². The molecule has 3 aromatic rings. The number of rotatable bonds is 5. The van der Waals surface area contributed by atoms with E-state index in [1.54, 1.807) is 12.1 Å². The van der Waals surface area contributed by atoms with Crippen molar-refractivity contribution in [1.29, 1.82) is 5.26 Å². The lowest BCUT2D eigenvalue weighted by molar-refractivity contribution is -0.117. The van der Waals surface area contributed by atoms with E-state index in [0.29, 0.717) is 27.8 Å². The van der Waals surface area contributed by atoms with Gasteiger partial charge < -0.3 is 5.32 Å². The monoisotopic (exact) mass is 487 g/mol. The van der Waals surface area contributed by atoms with Gasteiger partial charge in [-0.05, 0) is 61.2 Å². The third kappa shape index (κ3) is 4.86. The van der Waals surface area contributed by atoms with Gasteiger partial charge in [-0.3, -0.25) is 14.5 Å². The highest BCUT2D eigenvalue weighted by atomic mass is 35.5. The van der Waals surface area contributed by atoms with Crippen molar-refractivity contribution in [2.45, 2.75) is 25.5 Å². The molecule has 5 nitrogen and oxygen atoms in total. The average molecular weight is 488 g/mol. The summed E-state index contributed by atoms with van der Waals surface area (Å²) < 4.78 is 0. The van der Waals surface area contributed by atoms with Crippen molar-refractivity contribution in [2.75, 3.05) is 10.2 Å². The lowest BCUT2D eigenvalue weighted by atomic mass is 10.1. The summed E-state index contributed by atoms with van der Waals surface area (Å²) in [6.45, 7) is 3.81. The number of carbonyl (C=O) groups is 2. The number of amides is 2. The fraction of sp³-hybridized carbons (Fsp3) is 0.148. The number of halogens is 1. The Balaban J connectivity index is 1.76. The number of anilines is 2. The van der Waals surface area contributed by atoms with E-state index in [1.807, 2.05) is 80.6 Å². The Morgan fingerprint density at radius 2 is 1.82 bits per heavy atom. The van der Waals surface area contributed by atoms with Gasteiger partial charge in [-0.25, -0.2) is 0 Å². The molecule has 1 saturated heterocycles. The number of hydrogen-bond donors (Lipinski definition) is 1. The van der Waals surface area contributed by atoms with Crippen molar-refractivity contribution in [3.8, 4) is 6.07 Å².